The first-order chi connectivity index (χ1) is 9.92. The van der Waals surface area contributed by atoms with Gasteiger partial charge in [0.15, 0.2) is 5.63 Å². The molecule has 0 heterocycles. The smallest absolute Gasteiger partial charge is 0.230 e. The topological polar surface area (TPSA) is 0 Å². The van der Waals surface area contributed by atoms with Gasteiger partial charge in [0.25, 0.3) is 0 Å². The third kappa shape index (κ3) is 20.0. The summed E-state index contributed by atoms with van der Waals surface area (Å²) in [5.74, 6) is 0. The summed E-state index contributed by atoms with van der Waals surface area (Å²) in [4.78, 5) is 0. The Morgan fingerprint density at radius 1 is 0.619 bits per heavy atom. The van der Waals surface area contributed by atoms with Crippen molar-refractivity contribution < 1.29 is 17.6 Å². The minimum Gasteiger partial charge on any atom is -0.230 e. The zero-order valence-corrected chi connectivity index (χ0v) is 13.6. The van der Waals surface area contributed by atoms with E-state index in [2.05, 4.69) is 0 Å². The van der Waals surface area contributed by atoms with E-state index < -0.39 is 18.2 Å². The number of hydrogen-bond donors (Lipinski definition) is 0. The van der Waals surface area contributed by atoms with Crippen molar-refractivity contribution in [2.45, 2.75) is 102 Å². The fourth-order valence-corrected chi connectivity index (χ4v) is 2.55. The van der Waals surface area contributed by atoms with Crippen LogP contribution in [0.1, 0.15) is 89.9 Å². The molecule has 21 heavy (non-hydrogen) atoms. The van der Waals surface area contributed by atoms with Gasteiger partial charge in [-0.3, -0.25) is 0 Å². The van der Waals surface area contributed by atoms with Crippen molar-refractivity contribution in [1.82, 2.24) is 0 Å². The second-order valence-electron chi connectivity index (χ2n) is 5.79. The van der Waals surface area contributed by atoms with E-state index in [-0.39, 0.29) is 6.42 Å². The summed E-state index contributed by atoms with van der Waals surface area (Å²) in [7, 11) is 0. The molecular formula is C16H29ClF4. The molecule has 0 saturated carbocycles. The molecule has 1 atom stereocenters. The van der Waals surface area contributed by atoms with Crippen molar-refractivity contribution in [3.8, 4) is 0 Å². The summed E-state index contributed by atoms with van der Waals surface area (Å²) in [6.07, 6.45) is 7.68. The van der Waals surface area contributed by atoms with Crippen LogP contribution in [0.5, 0.6) is 0 Å². The van der Waals surface area contributed by atoms with Gasteiger partial charge in [0, 0.05) is 6.42 Å². The zero-order valence-electron chi connectivity index (χ0n) is 12.9. The van der Waals surface area contributed by atoms with Crippen LogP contribution in [-0.4, -0.2) is 11.8 Å². The Morgan fingerprint density at radius 3 is 1.29 bits per heavy atom. The lowest BCUT2D eigenvalue weighted by Crippen LogP contribution is -2.06. The molecule has 0 bridgehead atoms. The fourth-order valence-electron chi connectivity index (χ4n) is 2.39. The summed E-state index contributed by atoms with van der Waals surface area (Å²) < 4.78 is 48.0. The van der Waals surface area contributed by atoms with Crippen molar-refractivity contribution in [2.75, 3.05) is 0 Å². The lowest BCUT2D eigenvalue weighted by Gasteiger charge is -2.05. The van der Waals surface area contributed by atoms with Gasteiger partial charge < -0.3 is 0 Å². The van der Waals surface area contributed by atoms with Crippen molar-refractivity contribution >= 4 is 11.6 Å². The minimum atomic E-state index is -3.99. The molecule has 5 heteroatoms. The second-order valence-corrected chi connectivity index (χ2v) is 6.26. The minimum absolute atomic E-state index is 0.269. The van der Waals surface area contributed by atoms with E-state index in [9.17, 15) is 17.6 Å². The maximum Gasteiger partial charge on any atom is 0.389 e. The highest BCUT2D eigenvalue weighted by Gasteiger charge is 2.25. The predicted molar refractivity (Wildman–Crippen MR) is 81.4 cm³/mol. The van der Waals surface area contributed by atoms with E-state index in [0.29, 0.717) is 12.8 Å². The van der Waals surface area contributed by atoms with E-state index in [1.54, 1.807) is 0 Å². The molecule has 0 rings (SSSR count). The van der Waals surface area contributed by atoms with E-state index in [0.717, 1.165) is 38.5 Å². The third-order valence-electron chi connectivity index (χ3n) is 3.63. The SMILES string of the molecule is FC(Cl)CCCCCCCCCCCCCCC(F)(F)F. The Labute approximate surface area is 131 Å². The molecule has 0 saturated heterocycles. The molecule has 0 amide bonds. The van der Waals surface area contributed by atoms with Crippen molar-refractivity contribution in [3.05, 3.63) is 0 Å². The van der Waals surface area contributed by atoms with Gasteiger partial charge in [-0.05, 0) is 19.3 Å². The number of halogens is 5. The molecule has 0 aliphatic carbocycles. The number of rotatable bonds is 14. The second kappa shape index (κ2) is 13.7. The average Bonchev–Trinajstić information content (AvgIpc) is 2.37. The van der Waals surface area contributed by atoms with Crippen LogP contribution in [0.4, 0.5) is 17.6 Å². The Morgan fingerprint density at radius 2 is 0.952 bits per heavy atom. The molecule has 0 fully saturated rings. The standard InChI is InChI=1S/C16H29ClF4/c17-15(18)13-11-9-7-5-3-1-2-4-6-8-10-12-14-16(19,20)21/h15H,1-14H2. The monoisotopic (exact) mass is 332 g/mol. The van der Waals surface area contributed by atoms with E-state index in [1.807, 2.05) is 0 Å². The number of alkyl halides is 5. The van der Waals surface area contributed by atoms with Gasteiger partial charge in [-0.15, -0.1) is 0 Å². The summed E-state index contributed by atoms with van der Waals surface area (Å²) in [5.41, 5.74) is -1.19. The van der Waals surface area contributed by atoms with Crippen LogP contribution in [0, 0.1) is 0 Å². The van der Waals surface area contributed by atoms with Gasteiger partial charge in [-0.2, -0.15) is 13.2 Å². The average molecular weight is 333 g/mol. The quantitative estimate of drug-likeness (QED) is 0.175. The van der Waals surface area contributed by atoms with Crippen LogP contribution in [0.3, 0.4) is 0 Å². The van der Waals surface area contributed by atoms with E-state index >= 15 is 0 Å². The molecule has 128 valence electrons. The molecule has 0 aromatic heterocycles. The lowest BCUT2D eigenvalue weighted by molar-refractivity contribution is -0.135. The Kier molecular flexibility index (Phi) is 13.7. The van der Waals surface area contributed by atoms with Crippen LogP contribution < -0.4 is 0 Å². The van der Waals surface area contributed by atoms with Crippen molar-refractivity contribution in [3.63, 3.8) is 0 Å². The molecule has 0 N–H and O–H groups in total. The highest BCUT2D eigenvalue weighted by molar-refractivity contribution is 6.19. The van der Waals surface area contributed by atoms with Gasteiger partial charge in [-0.25, -0.2) is 4.39 Å². The maximum atomic E-state index is 12.3. The van der Waals surface area contributed by atoms with Crippen LogP contribution in [-0.2, 0) is 0 Å². The molecule has 0 nitrogen and oxygen atoms in total. The first-order valence-corrected chi connectivity index (χ1v) is 8.70. The summed E-state index contributed by atoms with van der Waals surface area (Å²) in [5, 5.41) is 0. The molecule has 0 spiro atoms. The van der Waals surface area contributed by atoms with Gasteiger partial charge in [0.05, 0.1) is 0 Å². The van der Waals surface area contributed by atoms with E-state index in [1.165, 1.54) is 25.7 Å². The lowest BCUT2D eigenvalue weighted by atomic mass is 10.0. The van der Waals surface area contributed by atoms with Crippen LogP contribution in [0.25, 0.3) is 0 Å². The van der Waals surface area contributed by atoms with Crippen LogP contribution >= 0.6 is 11.6 Å². The largest absolute Gasteiger partial charge is 0.389 e. The van der Waals surface area contributed by atoms with Gasteiger partial charge in [0.1, 0.15) is 0 Å². The van der Waals surface area contributed by atoms with Crippen LogP contribution in [0.15, 0.2) is 0 Å². The van der Waals surface area contributed by atoms with Crippen LogP contribution in [0.2, 0.25) is 0 Å². The van der Waals surface area contributed by atoms with Gasteiger partial charge >= 0.3 is 6.18 Å². The Balaban J connectivity index is 3.03. The van der Waals surface area contributed by atoms with E-state index in [4.69, 9.17) is 11.6 Å². The van der Waals surface area contributed by atoms with Gasteiger partial charge in [0.2, 0.25) is 0 Å². The maximum absolute atomic E-state index is 12.3. The molecule has 1 unspecified atom stereocenters. The normalized spacial score (nSPS) is 13.6. The summed E-state index contributed by atoms with van der Waals surface area (Å²) in [6.45, 7) is 0. The Hall–Kier alpha value is 0.01000. The molecule has 0 aliphatic heterocycles. The highest BCUT2D eigenvalue weighted by atomic mass is 35.5. The van der Waals surface area contributed by atoms with Crippen molar-refractivity contribution in [2.24, 2.45) is 0 Å². The first kappa shape index (κ1) is 21.0. The summed E-state index contributed by atoms with van der Waals surface area (Å²) >= 11 is 5.22. The van der Waals surface area contributed by atoms with Gasteiger partial charge in [-0.1, -0.05) is 75.8 Å². The zero-order chi connectivity index (χ0) is 16.0. The third-order valence-corrected chi connectivity index (χ3v) is 3.85. The molecular weight excluding hydrogens is 304 g/mol. The summed E-state index contributed by atoms with van der Waals surface area (Å²) in [6, 6.07) is 0. The fraction of sp³-hybridized carbons (Fsp3) is 1.00. The highest BCUT2D eigenvalue weighted by Crippen LogP contribution is 2.23. The number of hydrogen-bond acceptors (Lipinski definition) is 0. The predicted octanol–water partition coefficient (Wildman–Crippen LogP) is 7.54. The molecule has 0 aliphatic rings. The molecule has 0 aromatic rings. The van der Waals surface area contributed by atoms with Crippen molar-refractivity contribution in [1.29, 1.82) is 0 Å². The number of unbranched alkanes of at least 4 members (excludes halogenated alkanes) is 11. The molecule has 0 radical (unpaired) electrons. The Bertz CT molecular complexity index is 217. The molecule has 0 aromatic carbocycles. The first-order valence-electron chi connectivity index (χ1n) is 8.27.